The van der Waals surface area contributed by atoms with Crippen molar-refractivity contribution in [3.05, 3.63) is 65.2 Å². The lowest BCUT2D eigenvalue weighted by molar-refractivity contribution is -0.138. The van der Waals surface area contributed by atoms with Crippen LogP contribution in [0.4, 0.5) is 4.79 Å². The number of hydrogen-bond donors (Lipinski definition) is 2. The first-order valence-electron chi connectivity index (χ1n) is 9.93. The van der Waals surface area contributed by atoms with Gasteiger partial charge in [0, 0.05) is 0 Å². The molecule has 1 unspecified atom stereocenters. The van der Waals surface area contributed by atoms with E-state index in [-0.39, 0.29) is 6.61 Å². The molecular weight excluding hydrogens is 384 g/mol. The molecule has 158 valence electrons. The normalized spacial score (nSPS) is 15.8. The molecule has 2 amide bonds. The summed E-state index contributed by atoms with van der Waals surface area (Å²) < 4.78 is 16.2. The van der Waals surface area contributed by atoms with E-state index >= 15 is 0 Å². The Morgan fingerprint density at radius 2 is 1.83 bits per heavy atom. The molecule has 1 heterocycles. The molecule has 2 N–H and O–H groups in total. The Morgan fingerprint density at radius 3 is 2.50 bits per heavy atom. The van der Waals surface area contributed by atoms with Crippen molar-refractivity contribution in [3.63, 3.8) is 0 Å². The number of ether oxygens (including phenoxy) is 3. The summed E-state index contributed by atoms with van der Waals surface area (Å²) in [5.41, 5.74) is 2.14. The second-order valence-corrected chi connectivity index (χ2v) is 6.69. The molecule has 0 aromatic heterocycles. The molecule has 2 aromatic carbocycles. The molecule has 1 aliphatic heterocycles. The van der Waals surface area contributed by atoms with Crippen molar-refractivity contribution in [2.24, 2.45) is 0 Å². The first-order valence-corrected chi connectivity index (χ1v) is 9.93. The number of methoxy groups -OCH3 is 1. The maximum atomic E-state index is 12.9. The van der Waals surface area contributed by atoms with E-state index in [1.54, 1.807) is 38.3 Å². The van der Waals surface area contributed by atoms with Gasteiger partial charge >= 0.3 is 12.0 Å². The monoisotopic (exact) mass is 410 g/mol. The molecule has 30 heavy (non-hydrogen) atoms. The highest BCUT2D eigenvalue weighted by Gasteiger charge is 2.34. The van der Waals surface area contributed by atoms with Crippen LogP contribution in [-0.2, 0) is 9.53 Å². The van der Waals surface area contributed by atoms with Crippen molar-refractivity contribution in [1.29, 1.82) is 0 Å². The molecule has 1 atom stereocenters. The summed E-state index contributed by atoms with van der Waals surface area (Å²) in [6.07, 6.45) is 0.879. The number of nitrogens with one attached hydrogen (secondary N) is 2. The number of hydrogen-bond acceptors (Lipinski definition) is 5. The number of amides is 2. The summed E-state index contributed by atoms with van der Waals surface area (Å²) in [7, 11) is 1.58. The van der Waals surface area contributed by atoms with Gasteiger partial charge in [0.2, 0.25) is 0 Å². The standard InChI is InChI=1S/C23H26N2O5/c1-4-13-30-18-8-6-7-16(14-18)21-19(22(26)29-5-2)20(24-23(27)25-21)15-9-11-17(28-3)12-10-15/h6-12,14,21H,4-5,13H2,1-3H3,(H2,24,25,27). The second-order valence-electron chi connectivity index (χ2n) is 6.69. The van der Waals surface area contributed by atoms with Gasteiger partial charge in [0.1, 0.15) is 11.5 Å². The van der Waals surface area contributed by atoms with Gasteiger partial charge in [-0.1, -0.05) is 19.1 Å². The highest BCUT2D eigenvalue weighted by Crippen LogP contribution is 2.33. The molecule has 0 saturated carbocycles. The van der Waals surface area contributed by atoms with E-state index in [0.717, 1.165) is 12.0 Å². The van der Waals surface area contributed by atoms with Crippen LogP contribution in [0.5, 0.6) is 11.5 Å². The molecule has 1 aliphatic rings. The van der Waals surface area contributed by atoms with Crippen molar-refractivity contribution in [2.45, 2.75) is 26.3 Å². The van der Waals surface area contributed by atoms with Crippen molar-refractivity contribution in [2.75, 3.05) is 20.3 Å². The number of benzene rings is 2. The summed E-state index contributed by atoms with van der Waals surface area (Å²) >= 11 is 0. The largest absolute Gasteiger partial charge is 0.497 e. The first-order chi connectivity index (χ1) is 14.6. The topological polar surface area (TPSA) is 85.9 Å². The number of carbonyl (C=O) groups excluding carboxylic acids is 2. The second kappa shape index (κ2) is 9.82. The van der Waals surface area contributed by atoms with Gasteiger partial charge in [-0.05, 0) is 60.9 Å². The molecule has 2 aromatic rings. The molecule has 0 saturated heterocycles. The zero-order valence-electron chi connectivity index (χ0n) is 17.4. The van der Waals surface area contributed by atoms with Crippen LogP contribution in [0, 0.1) is 0 Å². The Balaban J connectivity index is 2.10. The van der Waals surface area contributed by atoms with Gasteiger partial charge in [0.05, 0.1) is 37.6 Å². The number of carbonyl (C=O) groups is 2. The summed E-state index contributed by atoms with van der Waals surface area (Å²) in [5, 5.41) is 5.60. The molecular formula is C23H26N2O5. The highest BCUT2D eigenvalue weighted by atomic mass is 16.5. The predicted octanol–water partition coefficient (Wildman–Crippen LogP) is 3.81. The number of urea groups is 1. The fourth-order valence-electron chi connectivity index (χ4n) is 3.23. The van der Waals surface area contributed by atoms with Crippen LogP contribution in [0.1, 0.15) is 37.4 Å². The van der Waals surface area contributed by atoms with Gasteiger partial charge in [-0.25, -0.2) is 9.59 Å². The Bertz CT molecular complexity index is 937. The van der Waals surface area contributed by atoms with Gasteiger partial charge in [0.15, 0.2) is 0 Å². The maximum Gasteiger partial charge on any atom is 0.338 e. The van der Waals surface area contributed by atoms with Crippen LogP contribution in [0.3, 0.4) is 0 Å². The van der Waals surface area contributed by atoms with Gasteiger partial charge in [-0.3, -0.25) is 0 Å². The Hall–Kier alpha value is -3.48. The summed E-state index contributed by atoms with van der Waals surface area (Å²) in [6, 6.07) is 13.4. The smallest absolute Gasteiger partial charge is 0.338 e. The third kappa shape index (κ3) is 4.74. The third-order valence-corrected chi connectivity index (χ3v) is 4.61. The zero-order chi connectivity index (χ0) is 21.5. The third-order valence-electron chi connectivity index (χ3n) is 4.61. The van der Waals surface area contributed by atoms with Crippen molar-refractivity contribution >= 4 is 17.7 Å². The lowest BCUT2D eigenvalue weighted by Gasteiger charge is -2.29. The van der Waals surface area contributed by atoms with E-state index in [1.165, 1.54) is 0 Å². The minimum absolute atomic E-state index is 0.221. The number of rotatable bonds is 8. The average Bonchev–Trinajstić information content (AvgIpc) is 2.77. The van der Waals surface area contributed by atoms with Crippen molar-refractivity contribution < 1.29 is 23.8 Å². The lowest BCUT2D eigenvalue weighted by Crippen LogP contribution is -2.45. The Morgan fingerprint density at radius 1 is 1.07 bits per heavy atom. The zero-order valence-corrected chi connectivity index (χ0v) is 17.4. The maximum absolute atomic E-state index is 12.9. The summed E-state index contributed by atoms with van der Waals surface area (Å²) in [4.78, 5) is 25.4. The van der Waals surface area contributed by atoms with Gasteiger partial charge < -0.3 is 24.8 Å². The number of esters is 1. The first kappa shape index (κ1) is 21.2. The lowest BCUT2D eigenvalue weighted by atomic mass is 9.92. The van der Waals surface area contributed by atoms with Gasteiger partial charge in [-0.15, -0.1) is 0 Å². The highest BCUT2D eigenvalue weighted by molar-refractivity contribution is 6.04. The fourth-order valence-corrected chi connectivity index (χ4v) is 3.23. The molecule has 7 nitrogen and oxygen atoms in total. The van der Waals surface area contributed by atoms with Crippen LogP contribution in [0.25, 0.3) is 5.70 Å². The van der Waals surface area contributed by atoms with Crippen LogP contribution in [0.15, 0.2) is 54.1 Å². The molecule has 0 radical (unpaired) electrons. The fraction of sp³-hybridized carbons (Fsp3) is 0.304. The van der Waals surface area contributed by atoms with E-state index < -0.39 is 18.0 Å². The Labute approximate surface area is 176 Å². The van der Waals surface area contributed by atoms with E-state index in [2.05, 4.69) is 10.6 Å². The molecule has 0 bridgehead atoms. The quantitative estimate of drug-likeness (QED) is 0.647. The van der Waals surface area contributed by atoms with Crippen LogP contribution in [-0.4, -0.2) is 32.3 Å². The molecule has 3 rings (SSSR count). The van der Waals surface area contributed by atoms with Crippen LogP contribution in [0.2, 0.25) is 0 Å². The minimum Gasteiger partial charge on any atom is -0.497 e. The summed E-state index contributed by atoms with van der Waals surface area (Å²) in [5.74, 6) is 0.853. The van der Waals surface area contributed by atoms with Gasteiger partial charge in [-0.2, -0.15) is 0 Å². The molecule has 0 aliphatic carbocycles. The Kier molecular flexibility index (Phi) is 6.95. The minimum atomic E-state index is -0.680. The van der Waals surface area contributed by atoms with E-state index in [9.17, 15) is 9.59 Å². The van der Waals surface area contributed by atoms with Crippen LogP contribution < -0.4 is 20.1 Å². The average molecular weight is 410 g/mol. The van der Waals surface area contributed by atoms with Gasteiger partial charge in [0.25, 0.3) is 0 Å². The predicted molar refractivity (Wildman–Crippen MR) is 113 cm³/mol. The van der Waals surface area contributed by atoms with Crippen molar-refractivity contribution in [3.8, 4) is 11.5 Å². The van der Waals surface area contributed by atoms with E-state index in [1.807, 2.05) is 31.2 Å². The summed E-state index contributed by atoms with van der Waals surface area (Å²) in [6.45, 7) is 4.58. The van der Waals surface area contributed by atoms with E-state index in [0.29, 0.717) is 34.9 Å². The van der Waals surface area contributed by atoms with Crippen molar-refractivity contribution in [1.82, 2.24) is 10.6 Å². The molecule has 7 heteroatoms. The molecule has 0 spiro atoms. The SMILES string of the molecule is CCCOc1cccc(C2NC(=O)NC(c3ccc(OC)cc3)=C2C(=O)OCC)c1. The van der Waals surface area contributed by atoms with Crippen LogP contribution >= 0.6 is 0 Å². The molecule has 0 fully saturated rings. The van der Waals surface area contributed by atoms with E-state index in [4.69, 9.17) is 14.2 Å².